The zero-order chi connectivity index (χ0) is 18.1. The van der Waals surface area contributed by atoms with Crippen LogP contribution in [0.15, 0.2) is 12.2 Å². The van der Waals surface area contributed by atoms with Gasteiger partial charge in [0.2, 0.25) is 0 Å². The second-order valence-corrected chi connectivity index (χ2v) is 20.1. The minimum atomic E-state index is -2.06. The Morgan fingerprint density at radius 3 is 1.45 bits per heavy atom. The first-order chi connectivity index (χ1) is 9.46. The van der Waals surface area contributed by atoms with Gasteiger partial charge in [-0.15, -0.1) is 0 Å². The van der Waals surface area contributed by atoms with Crippen molar-refractivity contribution in [3.05, 3.63) is 12.2 Å². The topological polar surface area (TPSA) is 34.1 Å². The zero-order valence-electron chi connectivity index (χ0n) is 16.4. The van der Waals surface area contributed by atoms with Gasteiger partial charge in [0.05, 0.1) is 0 Å². The minimum absolute atomic E-state index is 0.0104. The Hall–Kier alpha value is -0.486. The summed E-state index contributed by atoms with van der Waals surface area (Å²) in [6, 6.07) is 0. The molecule has 0 atom stereocenters. The van der Waals surface area contributed by atoms with Gasteiger partial charge in [-0.1, -0.05) is 74.3 Å². The molecular formula is C18H36O2Si2. The highest BCUT2D eigenvalue weighted by Gasteiger charge is 2.44. The molecule has 0 unspecified atom stereocenters. The predicted molar refractivity (Wildman–Crippen MR) is 103 cm³/mol. The Morgan fingerprint density at radius 2 is 1.14 bits per heavy atom. The Bertz CT molecular complexity index is 460. The normalized spacial score (nSPS) is 13.9. The molecule has 2 nitrogen and oxygen atoms in total. The van der Waals surface area contributed by atoms with Gasteiger partial charge in [0.1, 0.15) is 27.0 Å². The zero-order valence-corrected chi connectivity index (χ0v) is 18.4. The Balaban J connectivity index is 4.93. The molecule has 0 amide bonds. The molecule has 0 aromatic carbocycles. The van der Waals surface area contributed by atoms with E-state index in [9.17, 15) is 9.59 Å². The summed E-state index contributed by atoms with van der Waals surface area (Å²) >= 11 is 0. The van der Waals surface area contributed by atoms with Crippen molar-refractivity contribution in [3.63, 3.8) is 0 Å². The van der Waals surface area contributed by atoms with Crippen LogP contribution in [0.2, 0.25) is 36.3 Å². The molecule has 0 aliphatic heterocycles. The van der Waals surface area contributed by atoms with Gasteiger partial charge in [0, 0.05) is 6.42 Å². The molecule has 0 spiro atoms. The van der Waals surface area contributed by atoms with Gasteiger partial charge in [0.25, 0.3) is 0 Å². The first-order valence-corrected chi connectivity index (χ1v) is 14.2. The maximum absolute atomic E-state index is 12.7. The molecule has 0 N–H and O–H groups in total. The minimum Gasteiger partial charge on any atom is -0.305 e. The van der Waals surface area contributed by atoms with Crippen LogP contribution in [0.1, 0.15) is 54.4 Å². The van der Waals surface area contributed by atoms with Gasteiger partial charge in [-0.3, -0.25) is 0 Å². The van der Waals surface area contributed by atoms with Crippen LogP contribution in [-0.2, 0) is 9.59 Å². The number of hydrogen-bond donors (Lipinski definition) is 0. The summed E-state index contributed by atoms with van der Waals surface area (Å²) in [7, 11) is -4.04. The molecule has 128 valence electrons. The van der Waals surface area contributed by atoms with Crippen LogP contribution in [0.5, 0.6) is 0 Å². The number of rotatable bonds is 6. The van der Waals surface area contributed by atoms with Crippen molar-refractivity contribution in [3.8, 4) is 0 Å². The quantitative estimate of drug-likeness (QED) is 0.469. The number of carbonyl (C=O) groups is 2. The molecule has 0 aliphatic rings. The smallest absolute Gasteiger partial charge is 0.138 e. The van der Waals surface area contributed by atoms with Crippen LogP contribution in [0.4, 0.5) is 0 Å². The van der Waals surface area contributed by atoms with Crippen LogP contribution in [-0.4, -0.2) is 27.0 Å². The van der Waals surface area contributed by atoms with E-state index in [-0.39, 0.29) is 15.5 Å². The molecule has 0 fully saturated rings. The highest BCUT2D eigenvalue weighted by molar-refractivity contribution is 7.08. The first kappa shape index (κ1) is 21.5. The Labute approximate surface area is 139 Å². The lowest BCUT2D eigenvalue weighted by Gasteiger charge is -2.36. The van der Waals surface area contributed by atoms with Gasteiger partial charge in [-0.25, -0.2) is 0 Å². The summed E-state index contributed by atoms with van der Waals surface area (Å²) in [5, 5.41) is 0.637. The summed E-state index contributed by atoms with van der Waals surface area (Å²) < 4.78 is 0. The summed E-state index contributed by atoms with van der Waals surface area (Å²) in [6.45, 7) is 25.3. The second kappa shape index (κ2) is 6.56. The monoisotopic (exact) mass is 340 g/mol. The fraction of sp³-hybridized carbons (Fsp3) is 0.778. The fourth-order valence-electron chi connectivity index (χ4n) is 1.89. The van der Waals surface area contributed by atoms with E-state index in [0.29, 0.717) is 23.8 Å². The van der Waals surface area contributed by atoms with E-state index in [1.165, 1.54) is 0 Å². The van der Waals surface area contributed by atoms with E-state index >= 15 is 0 Å². The molecule has 0 aliphatic carbocycles. The molecule has 0 radical (unpaired) electrons. The van der Waals surface area contributed by atoms with Crippen molar-refractivity contribution in [1.29, 1.82) is 0 Å². The molecule has 0 aromatic rings. The van der Waals surface area contributed by atoms with Gasteiger partial charge >= 0.3 is 0 Å². The third kappa shape index (κ3) is 4.51. The second-order valence-electron chi connectivity index (χ2n) is 9.61. The van der Waals surface area contributed by atoms with Crippen molar-refractivity contribution in [2.24, 2.45) is 0 Å². The third-order valence-corrected chi connectivity index (χ3v) is 16.6. The van der Waals surface area contributed by atoms with Crippen molar-refractivity contribution < 1.29 is 9.59 Å². The largest absolute Gasteiger partial charge is 0.305 e. The molecule has 0 rings (SSSR count). The summed E-state index contributed by atoms with van der Waals surface area (Å²) in [5.41, 5.74) is 0.652. The molecule has 0 bridgehead atoms. The molecule has 4 heteroatoms. The van der Waals surface area contributed by atoms with Crippen LogP contribution in [0.3, 0.4) is 0 Å². The van der Waals surface area contributed by atoms with Crippen molar-refractivity contribution >= 4 is 27.0 Å². The van der Waals surface area contributed by atoms with E-state index in [0.717, 1.165) is 0 Å². The lowest BCUT2D eigenvalue weighted by Crippen LogP contribution is -2.48. The Kier molecular flexibility index (Phi) is 6.41. The van der Waals surface area contributed by atoms with Gasteiger partial charge in [0.15, 0.2) is 0 Å². The van der Waals surface area contributed by atoms with Crippen molar-refractivity contribution in [2.75, 3.05) is 0 Å². The lowest BCUT2D eigenvalue weighted by molar-refractivity contribution is -0.113. The van der Waals surface area contributed by atoms with E-state index in [1.807, 2.05) is 0 Å². The molecule has 0 aromatic heterocycles. The summed E-state index contributed by atoms with van der Waals surface area (Å²) in [6.07, 6.45) is 0.992. The highest BCUT2D eigenvalue weighted by Crippen LogP contribution is 2.39. The van der Waals surface area contributed by atoms with E-state index in [4.69, 9.17) is 0 Å². The summed E-state index contributed by atoms with van der Waals surface area (Å²) in [4.78, 5) is 25.3. The van der Waals surface area contributed by atoms with E-state index in [1.54, 1.807) is 0 Å². The van der Waals surface area contributed by atoms with Crippen LogP contribution < -0.4 is 0 Å². The number of hydrogen-bond acceptors (Lipinski definition) is 2. The van der Waals surface area contributed by atoms with Crippen molar-refractivity contribution in [2.45, 2.75) is 90.6 Å². The van der Waals surface area contributed by atoms with Crippen LogP contribution >= 0.6 is 0 Å². The number of allylic oxidation sites excluding steroid dienone is 1. The first-order valence-electron chi connectivity index (χ1n) is 8.22. The summed E-state index contributed by atoms with van der Waals surface area (Å²) in [5.74, 6) is 0. The van der Waals surface area contributed by atoms with E-state index < -0.39 is 16.1 Å². The van der Waals surface area contributed by atoms with Crippen LogP contribution in [0, 0.1) is 0 Å². The maximum atomic E-state index is 12.7. The number of carbonyl (C=O) groups excluding carboxylic acids is 2. The SMILES string of the molecule is C=C(CCC(=O)[Si](C)(C)C(C)(C)C)C(=O)[Si](C)(C)C(C)(C)C. The predicted octanol–water partition coefficient (Wildman–Crippen LogP) is 5.56. The average Bonchev–Trinajstić information content (AvgIpc) is 2.31. The standard InChI is InChI=1S/C18H36O2Si2/c1-14(16(20)22(10,11)18(5,6)7)12-13-15(19)21(8,9)17(2,3)4/h1,12-13H2,2-11H3. The highest BCUT2D eigenvalue weighted by atomic mass is 28.3. The van der Waals surface area contributed by atoms with Gasteiger partial charge < -0.3 is 9.59 Å². The third-order valence-electron chi connectivity index (χ3n) is 5.99. The van der Waals surface area contributed by atoms with Gasteiger partial charge in [-0.05, 0) is 22.1 Å². The fourth-order valence-corrected chi connectivity index (χ4v) is 5.17. The molecule has 0 saturated heterocycles. The molecule has 22 heavy (non-hydrogen) atoms. The van der Waals surface area contributed by atoms with Crippen LogP contribution in [0.25, 0.3) is 0 Å². The molecule has 0 saturated carbocycles. The van der Waals surface area contributed by atoms with Crippen molar-refractivity contribution in [1.82, 2.24) is 0 Å². The Morgan fingerprint density at radius 1 is 0.773 bits per heavy atom. The average molecular weight is 341 g/mol. The lowest BCUT2D eigenvalue weighted by atomic mass is 10.2. The van der Waals surface area contributed by atoms with Gasteiger partial charge in [-0.2, -0.15) is 0 Å². The molecular weight excluding hydrogens is 304 g/mol. The van der Waals surface area contributed by atoms with E-state index in [2.05, 4.69) is 74.3 Å². The maximum Gasteiger partial charge on any atom is 0.138 e. The molecule has 0 heterocycles.